The van der Waals surface area contributed by atoms with Crippen molar-refractivity contribution in [3.8, 4) is 0 Å². The zero-order chi connectivity index (χ0) is 17.9. The molecule has 0 unspecified atom stereocenters. The third kappa shape index (κ3) is 3.34. The highest BCUT2D eigenvalue weighted by Crippen LogP contribution is 2.30. The molecule has 0 aliphatic carbocycles. The fourth-order valence-corrected chi connectivity index (χ4v) is 3.16. The second-order valence-corrected chi connectivity index (χ2v) is 6.31. The average Bonchev–Trinajstić information content (AvgIpc) is 2.69. The number of aromatic nitrogens is 2. The number of anilines is 2. The first kappa shape index (κ1) is 16.4. The third-order valence-electron chi connectivity index (χ3n) is 4.46. The van der Waals surface area contributed by atoms with Gasteiger partial charge in [0.05, 0.1) is 30.6 Å². The van der Waals surface area contributed by atoms with Gasteiger partial charge < -0.3 is 10.1 Å². The van der Waals surface area contributed by atoms with E-state index in [2.05, 4.69) is 39.6 Å². The second kappa shape index (κ2) is 7.06. The normalized spacial score (nSPS) is 14.1. The standard InChI is InChI=1S/C21H19N3O2/c1-14-10-21(24-17-3-4-18(13-25)22-12-17)19-11-16(2-5-20(19)23-14)15-6-8-26-9-7-15/h2-6,10-13H,7-9H2,1H3,(H,23,24). The Bertz CT molecular complexity index is 994. The summed E-state index contributed by atoms with van der Waals surface area (Å²) in [5.74, 6) is 0. The van der Waals surface area contributed by atoms with E-state index in [0.717, 1.165) is 47.3 Å². The summed E-state index contributed by atoms with van der Waals surface area (Å²) < 4.78 is 5.41. The van der Waals surface area contributed by atoms with Gasteiger partial charge in [-0.05, 0) is 54.8 Å². The number of nitrogens with one attached hydrogen (secondary N) is 1. The lowest BCUT2D eigenvalue weighted by molar-refractivity contribution is 0.111. The first-order valence-electron chi connectivity index (χ1n) is 8.60. The molecule has 3 heterocycles. The van der Waals surface area contributed by atoms with Crippen LogP contribution in [0.25, 0.3) is 16.5 Å². The third-order valence-corrected chi connectivity index (χ3v) is 4.46. The average molecular weight is 345 g/mol. The monoisotopic (exact) mass is 345 g/mol. The van der Waals surface area contributed by atoms with Crippen LogP contribution >= 0.6 is 0 Å². The van der Waals surface area contributed by atoms with E-state index >= 15 is 0 Å². The second-order valence-electron chi connectivity index (χ2n) is 6.31. The SMILES string of the molecule is Cc1cc(Nc2ccc(C=O)nc2)c2cc(C3=CCOCC3)ccc2n1. The highest BCUT2D eigenvalue weighted by atomic mass is 16.5. The fraction of sp³-hybridized carbons (Fsp3) is 0.190. The molecule has 1 N–H and O–H groups in total. The molecule has 0 amide bonds. The topological polar surface area (TPSA) is 64.1 Å². The minimum atomic E-state index is 0.417. The summed E-state index contributed by atoms with van der Waals surface area (Å²) in [6, 6.07) is 11.9. The van der Waals surface area contributed by atoms with Crippen LogP contribution in [0.15, 0.2) is 48.7 Å². The van der Waals surface area contributed by atoms with Gasteiger partial charge in [0.25, 0.3) is 0 Å². The molecule has 4 rings (SSSR count). The number of pyridine rings is 2. The maximum atomic E-state index is 10.8. The number of aryl methyl sites for hydroxylation is 1. The maximum absolute atomic E-state index is 10.8. The number of fused-ring (bicyclic) bond motifs is 1. The van der Waals surface area contributed by atoms with Crippen LogP contribution in [0, 0.1) is 6.92 Å². The summed E-state index contributed by atoms with van der Waals surface area (Å²) in [4.78, 5) is 19.5. The number of ether oxygens (including phenoxy) is 1. The van der Waals surface area contributed by atoms with Crippen LogP contribution < -0.4 is 5.32 Å². The summed E-state index contributed by atoms with van der Waals surface area (Å²) in [5, 5.41) is 4.46. The largest absolute Gasteiger partial charge is 0.377 e. The molecule has 1 aliphatic heterocycles. The summed E-state index contributed by atoms with van der Waals surface area (Å²) >= 11 is 0. The van der Waals surface area contributed by atoms with Crippen molar-refractivity contribution in [2.24, 2.45) is 0 Å². The molecule has 1 aliphatic rings. The Morgan fingerprint density at radius 1 is 1.19 bits per heavy atom. The number of hydrogen-bond acceptors (Lipinski definition) is 5. The lowest BCUT2D eigenvalue weighted by Crippen LogP contribution is -2.04. The highest BCUT2D eigenvalue weighted by molar-refractivity contribution is 5.95. The lowest BCUT2D eigenvalue weighted by Gasteiger charge is -2.16. The van der Waals surface area contributed by atoms with Crippen molar-refractivity contribution in [2.45, 2.75) is 13.3 Å². The number of rotatable bonds is 4. The molecule has 0 atom stereocenters. The van der Waals surface area contributed by atoms with Crippen LogP contribution in [-0.2, 0) is 4.74 Å². The van der Waals surface area contributed by atoms with Crippen LogP contribution in [-0.4, -0.2) is 29.5 Å². The van der Waals surface area contributed by atoms with Gasteiger partial charge >= 0.3 is 0 Å². The van der Waals surface area contributed by atoms with Crippen molar-refractivity contribution in [2.75, 3.05) is 18.5 Å². The molecular weight excluding hydrogens is 326 g/mol. The number of hydrogen-bond donors (Lipinski definition) is 1. The minimum absolute atomic E-state index is 0.417. The van der Waals surface area contributed by atoms with Crippen LogP contribution in [0.2, 0.25) is 0 Å². The van der Waals surface area contributed by atoms with Crippen LogP contribution in [0.5, 0.6) is 0 Å². The number of benzene rings is 1. The van der Waals surface area contributed by atoms with Crippen molar-refractivity contribution < 1.29 is 9.53 Å². The maximum Gasteiger partial charge on any atom is 0.168 e. The summed E-state index contributed by atoms with van der Waals surface area (Å²) in [6.45, 7) is 3.41. The van der Waals surface area contributed by atoms with Gasteiger partial charge in [-0.2, -0.15) is 0 Å². The molecule has 0 radical (unpaired) electrons. The first-order chi connectivity index (χ1) is 12.7. The molecule has 2 aromatic heterocycles. The van der Waals surface area contributed by atoms with Gasteiger partial charge in [-0.1, -0.05) is 12.1 Å². The lowest BCUT2D eigenvalue weighted by atomic mass is 9.99. The molecule has 1 aromatic carbocycles. The van der Waals surface area contributed by atoms with Gasteiger partial charge in [0.1, 0.15) is 5.69 Å². The van der Waals surface area contributed by atoms with Crippen molar-refractivity contribution >= 4 is 34.1 Å². The Labute approximate surface area is 151 Å². The predicted molar refractivity (Wildman–Crippen MR) is 103 cm³/mol. The first-order valence-corrected chi connectivity index (χ1v) is 8.60. The number of nitrogens with zero attached hydrogens (tertiary/aromatic N) is 2. The van der Waals surface area contributed by atoms with Gasteiger partial charge in [-0.25, -0.2) is 0 Å². The van der Waals surface area contributed by atoms with Crippen molar-refractivity contribution in [3.63, 3.8) is 0 Å². The van der Waals surface area contributed by atoms with E-state index in [4.69, 9.17) is 4.74 Å². The molecule has 3 aromatic rings. The van der Waals surface area contributed by atoms with E-state index < -0.39 is 0 Å². The molecule has 5 nitrogen and oxygen atoms in total. The summed E-state index contributed by atoms with van der Waals surface area (Å²) in [6.07, 6.45) is 5.46. The van der Waals surface area contributed by atoms with Crippen molar-refractivity contribution in [3.05, 3.63) is 65.6 Å². The summed E-state index contributed by atoms with van der Waals surface area (Å²) in [7, 11) is 0. The van der Waals surface area contributed by atoms with E-state index in [-0.39, 0.29) is 0 Å². The molecule has 5 heteroatoms. The smallest absolute Gasteiger partial charge is 0.168 e. The number of aldehydes is 1. The zero-order valence-electron chi connectivity index (χ0n) is 14.5. The van der Waals surface area contributed by atoms with Gasteiger partial charge in [0.2, 0.25) is 0 Å². The van der Waals surface area contributed by atoms with Gasteiger partial charge in [-0.3, -0.25) is 14.8 Å². The van der Waals surface area contributed by atoms with E-state index in [1.807, 2.05) is 19.1 Å². The van der Waals surface area contributed by atoms with Gasteiger partial charge in [-0.15, -0.1) is 0 Å². The van der Waals surface area contributed by atoms with E-state index in [0.29, 0.717) is 12.3 Å². The number of carbonyl (C=O) groups is 1. The zero-order valence-corrected chi connectivity index (χ0v) is 14.5. The van der Waals surface area contributed by atoms with Gasteiger partial charge in [0.15, 0.2) is 6.29 Å². The van der Waals surface area contributed by atoms with E-state index in [1.165, 1.54) is 11.1 Å². The van der Waals surface area contributed by atoms with Crippen LogP contribution in [0.3, 0.4) is 0 Å². The predicted octanol–water partition coefficient (Wildman–Crippen LogP) is 4.30. The molecular formula is C21H19N3O2. The number of carbonyl (C=O) groups excluding carboxylic acids is 1. The van der Waals surface area contributed by atoms with Crippen molar-refractivity contribution in [1.82, 2.24) is 9.97 Å². The molecule has 0 bridgehead atoms. The van der Waals surface area contributed by atoms with Crippen LogP contribution in [0.4, 0.5) is 11.4 Å². The Morgan fingerprint density at radius 2 is 2.12 bits per heavy atom. The molecule has 0 spiro atoms. The molecule has 130 valence electrons. The fourth-order valence-electron chi connectivity index (χ4n) is 3.16. The van der Waals surface area contributed by atoms with Crippen LogP contribution in [0.1, 0.15) is 28.2 Å². The Balaban J connectivity index is 1.76. The molecule has 0 saturated heterocycles. The molecule has 0 saturated carbocycles. The quantitative estimate of drug-likeness (QED) is 0.714. The van der Waals surface area contributed by atoms with Gasteiger partial charge in [0, 0.05) is 16.8 Å². The molecule has 26 heavy (non-hydrogen) atoms. The Kier molecular flexibility index (Phi) is 4.46. The Hall–Kier alpha value is -3.05. The molecule has 0 fully saturated rings. The Morgan fingerprint density at radius 3 is 2.85 bits per heavy atom. The van der Waals surface area contributed by atoms with Crippen molar-refractivity contribution in [1.29, 1.82) is 0 Å². The van der Waals surface area contributed by atoms with E-state index in [1.54, 1.807) is 12.3 Å². The highest BCUT2D eigenvalue weighted by Gasteiger charge is 2.10. The minimum Gasteiger partial charge on any atom is -0.377 e. The summed E-state index contributed by atoms with van der Waals surface area (Å²) in [5.41, 5.74) is 6.61. The van der Waals surface area contributed by atoms with E-state index in [9.17, 15) is 4.79 Å².